The Bertz CT molecular complexity index is 1110. The number of hydrogen-bond acceptors (Lipinski definition) is 6. The average Bonchev–Trinajstić information content (AvgIpc) is 3.07. The summed E-state index contributed by atoms with van der Waals surface area (Å²) in [6, 6.07) is 15.1. The lowest BCUT2D eigenvalue weighted by Crippen LogP contribution is -2.56. The Morgan fingerprint density at radius 2 is 1.87 bits per heavy atom. The Labute approximate surface area is 178 Å². The van der Waals surface area contributed by atoms with E-state index in [1.165, 1.54) is 0 Å². The third kappa shape index (κ3) is 3.78. The van der Waals surface area contributed by atoms with E-state index in [0.29, 0.717) is 35.8 Å². The Kier molecular flexibility index (Phi) is 5.50. The van der Waals surface area contributed by atoms with Crippen molar-refractivity contribution in [3.05, 3.63) is 74.2 Å². The number of aromatic amines is 1. The number of carbonyl (C=O) groups is 1. The minimum atomic E-state index is -0.268. The molecule has 1 atom stereocenters. The molecule has 0 fully saturated rings. The first-order chi connectivity index (χ1) is 14.5. The Hall–Kier alpha value is -3.26. The van der Waals surface area contributed by atoms with Gasteiger partial charge in [0.15, 0.2) is 0 Å². The maximum Gasteiger partial charge on any atom is 0.307 e. The minimum absolute atomic E-state index is 0.0143. The SMILES string of the molecule is CCN1C(=O)c2ccccc2N(C)C1COc1ccc(Cc2sc(=O)[nH]c2O)cc1. The summed E-state index contributed by atoms with van der Waals surface area (Å²) in [5, 5.41) is 9.73. The number of carbonyl (C=O) groups excluding carboxylic acids is 1. The summed E-state index contributed by atoms with van der Waals surface area (Å²) in [5.41, 5.74) is 2.57. The molecule has 2 N–H and O–H groups in total. The van der Waals surface area contributed by atoms with Crippen LogP contribution >= 0.6 is 11.3 Å². The molecular formula is C22H23N3O4S. The van der Waals surface area contributed by atoms with Gasteiger partial charge in [-0.2, -0.15) is 0 Å². The molecule has 8 heteroatoms. The Balaban J connectivity index is 1.45. The van der Waals surface area contributed by atoms with Crippen molar-refractivity contribution in [3.8, 4) is 11.6 Å². The number of amides is 1. The number of ether oxygens (including phenoxy) is 1. The van der Waals surface area contributed by atoms with E-state index < -0.39 is 0 Å². The van der Waals surface area contributed by atoms with E-state index in [1.54, 1.807) is 0 Å². The minimum Gasteiger partial charge on any atom is -0.494 e. The normalized spacial score (nSPS) is 15.9. The number of rotatable bonds is 6. The molecule has 0 aliphatic carbocycles. The molecule has 1 aliphatic heterocycles. The molecule has 7 nitrogen and oxygen atoms in total. The summed E-state index contributed by atoms with van der Waals surface area (Å²) in [6.45, 7) is 2.89. The van der Waals surface area contributed by atoms with Crippen LogP contribution in [0.4, 0.5) is 5.69 Å². The zero-order valence-electron chi connectivity index (χ0n) is 16.8. The van der Waals surface area contributed by atoms with E-state index in [9.17, 15) is 14.7 Å². The van der Waals surface area contributed by atoms with Crippen LogP contribution in [0, 0.1) is 0 Å². The monoisotopic (exact) mass is 425 g/mol. The zero-order valence-corrected chi connectivity index (χ0v) is 17.6. The number of anilines is 1. The fraction of sp³-hybridized carbons (Fsp3) is 0.273. The van der Waals surface area contributed by atoms with Gasteiger partial charge in [0.25, 0.3) is 5.91 Å². The summed E-state index contributed by atoms with van der Waals surface area (Å²) in [6.07, 6.45) is 0.265. The van der Waals surface area contributed by atoms with Crippen LogP contribution in [0.15, 0.2) is 53.3 Å². The molecule has 1 unspecified atom stereocenters. The fourth-order valence-corrected chi connectivity index (χ4v) is 4.47. The second-order valence-electron chi connectivity index (χ2n) is 7.12. The molecule has 0 saturated carbocycles. The van der Waals surface area contributed by atoms with Crippen molar-refractivity contribution in [2.75, 3.05) is 25.1 Å². The van der Waals surface area contributed by atoms with Gasteiger partial charge in [0, 0.05) is 20.0 Å². The van der Waals surface area contributed by atoms with Gasteiger partial charge in [0.1, 0.15) is 18.5 Å². The van der Waals surface area contributed by atoms with E-state index >= 15 is 0 Å². The molecule has 30 heavy (non-hydrogen) atoms. The van der Waals surface area contributed by atoms with E-state index in [0.717, 1.165) is 22.6 Å². The van der Waals surface area contributed by atoms with Gasteiger partial charge in [0.2, 0.25) is 5.88 Å². The van der Waals surface area contributed by atoms with Crippen molar-refractivity contribution < 1.29 is 14.6 Å². The van der Waals surface area contributed by atoms with E-state index in [1.807, 2.05) is 67.4 Å². The number of para-hydroxylation sites is 1. The molecule has 0 bridgehead atoms. The first-order valence-electron chi connectivity index (χ1n) is 9.73. The number of aromatic nitrogens is 1. The number of hydrogen-bond donors (Lipinski definition) is 2. The zero-order chi connectivity index (χ0) is 21.3. The highest BCUT2D eigenvalue weighted by Gasteiger charge is 2.35. The Morgan fingerprint density at radius 3 is 2.53 bits per heavy atom. The molecule has 0 saturated heterocycles. The van der Waals surface area contributed by atoms with Crippen molar-refractivity contribution in [1.29, 1.82) is 0 Å². The molecule has 2 aromatic carbocycles. The number of nitrogens with zero attached hydrogens (tertiary/aromatic N) is 2. The number of H-pyrrole nitrogens is 1. The topological polar surface area (TPSA) is 85.9 Å². The van der Waals surface area contributed by atoms with Crippen LogP contribution in [0.2, 0.25) is 0 Å². The summed E-state index contributed by atoms with van der Waals surface area (Å²) in [5.74, 6) is 0.636. The van der Waals surface area contributed by atoms with Gasteiger partial charge in [0.05, 0.1) is 16.1 Å². The van der Waals surface area contributed by atoms with Crippen LogP contribution in [-0.4, -0.2) is 47.3 Å². The van der Waals surface area contributed by atoms with Crippen molar-refractivity contribution in [3.63, 3.8) is 0 Å². The number of likely N-dealkylation sites (N-methyl/N-ethyl adjacent to an activating group) is 2. The first kappa shape index (κ1) is 20.0. The fourth-order valence-electron chi connectivity index (χ4n) is 3.71. The van der Waals surface area contributed by atoms with Gasteiger partial charge in [-0.15, -0.1) is 0 Å². The van der Waals surface area contributed by atoms with Crippen LogP contribution in [-0.2, 0) is 6.42 Å². The molecule has 3 aromatic rings. The highest BCUT2D eigenvalue weighted by atomic mass is 32.1. The van der Waals surface area contributed by atoms with E-state index in [2.05, 4.69) is 9.88 Å². The van der Waals surface area contributed by atoms with Crippen molar-refractivity contribution >= 4 is 22.9 Å². The summed E-state index contributed by atoms with van der Waals surface area (Å²) in [7, 11) is 1.97. The van der Waals surface area contributed by atoms with Crippen molar-refractivity contribution in [1.82, 2.24) is 9.88 Å². The maximum absolute atomic E-state index is 12.9. The van der Waals surface area contributed by atoms with Crippen molar-refractivity contribution in [2.24, 2.45) is 0 Å². The number of fused-ring (bicyclic) bond motifs is 1. The van der Waals surface area contributed by atoms with Gasteiger partial charge in [-0.3, -0.25) is 14.6 Å². The predicted molar refractivity (Wildman–Crippen MR) is 117 cm³/mol. The van der Waals surface area contributed by atoms with E-state index in [-0.39, 0.29) is 22.8 Å². The number of thiazole rings is 1. The summed E-state index contributed by atoms with van der Waals surface area (Å²) in [4.78, 5) is 30.8. The quantitative estimate of drug-likeness (QED) is 0.634. The molecule has 2 heterocycles. The third-order valence-corrected chi connectivity index (χ3v) is 6.18. The molecule has 1 aliphatic rings. The lowest BCUT2D eigenvalue weighted by Gasteiger charge is -2.43. The van der Waals surface area contributed by atoms with Crippen LogP contribution < -0.4 is 14.5 Å². The number of benzene rings is 2. The van der Waals surface area contributed by atoms with Crippen LogP contribution in [0.3, 0.4) is 0 Å². The van der Waals surface area contributed by atoms with Crippen molar-refractivity contribution in [2.45, 2.75) is 19.5 Å². The standard InChI is InChI=1S/C22H23N3O4S/c1-3-25-19(24(2)17-7-5-4-6-16(17)21(25)27)13-29-15-10-8-14(9-11-15)12-18-20(26)23-22(28)30-18/h4-11,19,26H,3,12-13H2,1-2H3,(H,23,28). The van der Waals surface area contributed by atoms with E-state index in [4.69, 9.17) is 4.74 Å². The maximum atomic E-state index is 12.9. The lowest BCUT2D eigenvalue weighted by atomic mass is 10.1. The lowest BCUT2D eigenvalue weighted by molar-refractivity contribution is 0.0602. The van der Waals surface area contributed by atoms with Crippen LogP contribution in [0.1, 0.15) is 27.7 Å². The van der Waals surface area contributed by atoms with Crippen LogP contribution in [0.25, 0.3) is 0 Å². The molecular weight excluding hydrogens is 402 g/mol. The number of aromatic hydroxyl groups is 1. The third-order valence-electron chi connectivity index (χ3n) is 5.31. The van der Waals surface area contributed by atoms with Gasteiger partial charge in [-0.25, -0.2) is 0 Å². The van der Waals surface area contributed by atoms with Crippen LogP contribution in [0.5, 0.6) is 11.6 Å². The molecule has 1 aromatic heterocycles. The largest absolute Gasteiger partial charge is 0.494 e. The molecule has 1 amide bonds. The average molecular weight is 426 g/mol. The molecule has 0 radical (unpaired) electrons. The van der Waals surface area contributed by atoms with Gasteiger partial charge >= 0.3 is 4.87 Å². The highest BCUT2D eigenvalue weighted by Crippen LogP contribution is 2.30. The van der Waals surface area contributed by atoms with Gasteiger partial charge < -0.3 is 19.6 Å². The molecule has 4 rings (SSSR count). The summed E-state index contributed by atoms with van der Waals surface area (Å²) < 4.78 is 6.01. The molecule has 156 valence electrons. The second kappa shape index (κ2) is 8.23. The smallest absolute Gasteiger partial charge is 0.307 e. The summed E-state index contributed by atoms with van der Waals surface area (Å²) >= 11 is 1.00. The van der Waals surface area contributed by atoms with Gasteiger partial charge in [-0.05, 0) is 36.8 Å². The second-order valence-corrected chi connectivity index (χ2v) is 8.19. The Morgan fingerprint density at radius 1 is 1.13 bits per heavy atom. The highest BCUT2D eigenvalue weighted by molar-refractivity contribution is 7.09. The first-order valence-corrected chi connectivity index (χ1v) is 10.5. The number of nitrogens with one attached hydrogen (secondary N) is 1. The predicted octanol–water partition coefficient (Wildman–Crippen LogP) is 3.05. The molecule has 0 spiro atoms. The van der Waals surface area contributed by atoms with Gasteiger partial charge in [-0.1, -0.05) is 35.6 Å².